The average molecular weight is 343 g/mol. The van der Waals surface area contributed by atoms with Crippen LogP contribution in [0, 0.1) is 0 Å². The molecule has 0 aliphatic carbocycles. The molecule has 0 spiro atoms. The Bertz CT molecular complexity index is 846. The normalized spacial score (nSPS) is 12.4. The van der Waals surface area contributed by atoms with Crippen LogP contribution in [0.1, 0.15) is 5.56 Å². The van der Waals surface area contributed by atoms with Gasteiger partial charge in [0.05, 0.1) is 12.8 Å². The average Bonchev–Trinajstić information content (AvgIpc) is 3.06. The van der Waals surface area contributed by atoms with Crippen molar-refractivity contribution in [1.82, 2.24) is 0 Å². The van der Waals surface area contributed by atoms with Crippen LogP contribution in [0.25, 0.3) is 6.08 Å². The molecule has 25 heavy (non-hydrogen) atoms. The van der Waals surface area contributed by atoms with Crippen molar-refractivity contribution in [1.29, 1.82) is 0 Å². The van der Waals surface area contributed by atoms with Gasteiger partial charge in [-0.1, -0.05) is 6.07 Å². The fourth-order valence-electron chi connectivity index (χ4n) is 2.39. The van der Waals surface area contributed by atoms with Crippen molar-refractivity contribution >= 4 is 17.7 Å². The number of hydrogen-bond acceptors (Lipinski definition) is 6. The van der Waals surface area contributed by atoms with Gasteiger partial charge in [-0.25, -0.2) is 0 Å². The van der Waals surface area contributed by atoms with Crippen molar-refractivity contribution < 1.29 is 29.2 Å². The summed E-state index contributed by atoms with van der Waals surface area (Å²) in [5.74, 6) is 0.819. The van der Waals surface area contributed by atoms with E-state index in [4.69, 9.17) is 14.2 Å². The Hall–Kier alpha value is -3.35. The third kappa shape index (κ3) is 3.30. The number of rotatable bonds is 4. The van der Waals surface area contributed by atoms with E-state index in [1.165, 1.54) is 30.2 Å². The number of ether oxygens (including phenoxy) is 3. The van der Waals surface area contributed by atoms with Gasteiger partial charge < -0.3 is 29.3 Å². The lowest BCUT2D eigenvalue weighted by Gasteiger charge is -2.17. The van der Waals surface area contributed by atoms with Crippen molar-refractivity contribution in [3.63, 3.8) is 0 Å². The number of amides is 1. The van der Waals surface area contributed by atoms with E-state index in [-0.39, 0.29) is 24.2 Å². The van der Waals surface area contributed by atoms with Crippen molar-refractivity contribution in [2.24, 2.45) is 0 Å². The summed E-state index contributed by atoms with van der Waals surface area (Å²) >= 11 is 0. The molecule has 0 atom stereocenters. The van der Waals surface area contributed by atoms with Crippen LogP contribution < -0.4 is 19.1 Å². The Morgan fingerprint density at radius 3 is 2.60 bits per heavy atom. The maximum Gasteiger partial charge on any atom is 0.250 e. The third-order valence-corrected chi connectivity index (χ3v) is 3.78. The number of nitrogens with zero attached hydrogens (tertiary/aromatic N) is 1. The smallest absolute Gasteiger partial charge is 0.250 e. The topological polar surface area (TPSA) is 88.5 Å². The molecule has 0 saturated heterocycles. The number of hydrogen-bond donors (Lipinski definition) is 2. The number of carbonyl (C=O) groups is 1. The molecule has 2 aromatic rings. The third-order valence-electron chi connectivity index (χ3n) is 3.78. The zero-order valence-electron chi connectivity index (χ0n) is 13.7. The van der Waals surface area contributed by atoms with Gasteiger partial charge in [-0.2, -0.15) is 0 Å². The zero-order valence-corrected chi connectivity index (χ0v) is 13.7. The van der Waals surface area contributed by atoms with Crippen LogP contribution in [-0.4, -0.2) is 37.1 Å². The molecule has 7 nitrogen and oxygen atoms in total. The largest absolute Gasteiger partial charge is 0.506 e. The molecule has 1 amide bonds. The van der Waals surface area contributed by atoms with Crippen molar-refractivity contribution in [2.75, 3.05) is 25.9 Å². The Morgan fingerprint density at radius 1 is 1.16 bits per heavy atom. The van der Waals surface area contributed by atoms with Crippen LogP contribution in [-0.2, 0) is 4.79 Å². The maximum atomic E-state index is 12.4. The quantitative estimate of drug-likeness (QED) is 0.830. The molecule has 0 fully saturated rings. The van der Waals surface area contributed by atoms with E-state index in [9.17, 15) is 15.0 Å². The Balaban J connectivity index is 1.79. The van der Waals surface area contributed by atoms with E-state index in [1.807, 2.05) is 0 Å². The SMILES string of the molecule is COc1cc(/C=C/C(=O)N(C)c2cc3c(cc2O)OCO3)ccc1O. The second kappa shape index (κ2) is 6.64. The molecular formula is C18H17NO6. The summed E-state index contributed by atoms with van der Waals surface area (Å²) < 4.78 is 15.5. The first-order valence-electron chi connectivity index (χ1n) is 7.45. The van der Waals surface area contributed by atoms with E-state index in [0.717, 1.165) is 0 Å². The zero-order chi connectivity index (χ0) is 18.0. The molecule has 0 bridgehead atoms. The van der Waals surface area contributed by atoms with Crippen LogP contribution in [0.15, 0.2) is 36.4 Å². The molecule has 7 heteroatoms. The number of phenolic OH excluding ortho intramolecular Hbond substituents is 2. The number of anilines is 1. The fourth-order valence-corrected chi connectivity index (χ4v) is 2.39. The first-order chi connectivity index (χ1) is 12.0. The van der Waals surface area contributed by atoms with Gasteiger partial charge in [0, 0.05) is 25.3 Å². The summed E-state index contributed by atoms with van der Waals surface area (Å²) in [5.41, 5.74) is 0.994. The van der Waals surface area contributed by atoms with Gasteiger partial charge in [0.2, 0.25) is 6.79 Å². The lowest BCUT2D eigenvalue weighted by molar-refractivity contribution is -0.113. The lowest BCUT2D eigenvalue weighted by Crippen LogP contribution is -2.24. The summed E-state index contributed by atoms with van der Waals surface area (Å²) in [4.78, 5) is 13.7. The minimum Gasteiger partial charge on any atom is -0.506 e. The van der Waals surface area contributed by atoms with Gasteiger partial charge in [-0.3, -0.25) is 4.79 Å². The number of likely N-dealkylation sites (N-methyl/N-ethyl adjacent to an activating group) is 1. The van der Waals surface area contributed by atoms with Crippen LogP contribution in [0.2, 0.25) is 0 Å². The molecule has 1 aliphatic rings. The van der Waals surface area contributed by atoms with Crippen LogP contribution >= 0.6 is 0 Å². The van der Waals surface area contributed by atoms with Gasteiger partial charge >= 0.3 is 0 Å². The Kier molecular flexibility index (Phi) is 4.38. The van der Waals surface area contributed by atoms with Crippen molar-refractivity contribution in [3.05, 3.63) is 42.0 Å². The predicted molar refractivity (Wildman–Crippen MR) is 91.3 cm³/mol. The van der Waals surface area contributed by atoms with Gasteiger partial charge in [0.25, 0.3) is 5.91 Å². The highest BCUT2D eigenvalue weighted by molar-refractivity contribution is 6.04. The maximum absolute atomic E-state index is 12.4. The standard InChI is InChI=1S/C18H17NO6/c1-19(12-8-16-17(9-14(12)21)25-10-24-16)18(22)6-4-11-3-5-13(20)15(7-11)23-2/h3-9,20-21H,10H2,1-2H3/b6-4+. The first-order valence-corrected chi connectivity index (χ1v) is 7.45. The second-order valence-corrected chi connectivity index (χ2v) is 5.36. The fraction of sp³-hybridized carbons (Fsp3) is 0.167. The molecule has 0 unspecified atom stereocenters. The Labute approximate surface area is 144 Å². The monoisotopic (exact) mass is 343 g/mol. The van der Waals surface area contributed by atoms with E-state index >= 15 is 0 Å². The lowest BCUT2D eigenvalue weighted by atomic mass is 10.2. The minimum atomic E-state index is -0.346. The molecule has 1 aliphatic heterocycles. The predicted octanol–water partition coefficient (Wildman–Crippen LogP) is 2.51. The van der Waals surface area contributed by atoms with Crippen LogP contribution in [0.3, 0.4) is 0 Å². The summed E-state index contributed by atoms with van der Waals surface area (Å²) in [6.07, 6.45) is 2.95. The second-order valence-electron chi connectivity index (χ2n) is 5.36. The molecule has 3 rings (SSSR count). The van der Waals surface area contributed by atoms with Gasteiger partial charge in [-0.15, -0.1) is 0 Å². The van der Waals surface area contributed by atoms with Gasteiger partial charge in [-0.05, 0) is 23.8 Å². The molecule has 2 N–H and O–H groups in total. The summed E-state index contributed by atoms with van der Waals surface area (Å²) in [6, 6.07) is 7.70. The number of carbonyl (C=O) groups excluding carboxylic acids is 1. The van der Waals surface area contributed by atoms with Crippen molar-refractivity contribution in [3.8, 4) is 28.7 Å². The van der Waals surface area contributed by atoms with E-state index < -0.39 is 0 Å². The summed E-state index contributed by atoms with van der Waals surface area (Å²) in [7, 11) is 2.99. The van der Waals surface area contributed by atoms with Crippen LogP contribution in [0.4, 0.5) is 5.69 Å². The molecule has 1 heterocycles. The number of phenols is 2. The highest BCUT2D eigenvalue weighted by atomic mass is 16.7. The molecule has 130 valence electrons. The summed E-state index contributed by atoms with van der Waals surface area (Å²) in [5, 5.41) is 19.7. The van der Waals surface area contributed by atoms with Crippen molar-refractivity contribution in [2.45, 2.75) is 0 Å². The molecule has 0 radical (unpaired) electrons. The molecule has 0 saturated carbocycles. The van der Waals surface area contributed by atoms with Gasteiger partial charge in [0.1, 0.15) is 5.75 Å². The highest BCUT2D eigenvalue weighted by Crippen LogP contribution is 2.41. The van der Waals surface area contributed by atoms with E-state index in [1.54, 1.807) is 31.3 Å². The Morgan fingerprint density at radius 2 is 1.88 bits per heavy atom. The number of benzene rings is 2. The van der Waals surface area contributed by atoms with E-state index in [0.29, 0.717) is 28.5 Å². The minimum absolute atomic E-state index is 0.0216. The number of fused-ring (bicyclic) bond motifs is 1. The summed E-state index contributed by atoms with van der Waals surface area (Å²) in [6.45, 7) is 0.0818. The molecule has 2 aromatic carbocycles. The first kappa shape index (κ1) is 16.5. The molecule has 0 aromatic heterocycles. The van der Waals surface area contributed by atoms with Crippen LogP contribution in [0.5, 0.6) is 28.7 Å². The molecular weight excluding hydrogens is 326 g/mol. The number of methoxy groups -OCH3 is 1. The van der Waals surface area contributed by atoms with E-state index in [2.05, 4.69) is 0 Å². The number of aromatic hydroxyl groups is 2. The van der Waals surface area contributed by atoms with Gasteiger partial charge in [0.15, 0.2) is 23.0 Å². The highest BCUT2D eigenvalue weighted by Gasteiger charge is 2.20.